The lowest BCUT2D eigenvalue weighted by atomic mass is 9.99. The van der Waals surface area contributed by atoms with Crippen molar-refractivity contribution in [3.8, 4) is 0 Å². The molecule has 8 nitrogen and oxygen atoms in total. The van der Waals surface area contributed by atoms with E-state index in [2.05, 4.69) is 15.2 Å². The van der Waals surface area contributed by atoms with Gasteiger partial charge in [0.1, 0.15) is 12.8 Å². The zero-order valence-electron chi connectivity index (χ0n) is 13.9. The first-order valence-electron chi connectivity index (χ1n) is 7.51. The minimum Gasteiger partial charge on any atom is -0.391 e. The molecule has 10 heteroatoms. The zero-order valence-corrected chi connectivity index (χ0v) is 14.7. The van der Waals surface area contributed by atoms with Crippen molar-refractivity contribution in [2.24, 2.45) is 10.3 Å². The highest BCUT2D eigenvalue weighted by Gasteiger charge is 2.26. The van der Waals surface area contributed by atoms with Crippen molar-refractivity contribution in [1.82, 2.24) is 0 Å². The summed E-state index contributed by atoms with van der Waals surface area (Å²) in [7, 11) is -1.73. The number of methoxy groups -OCH3 is 1. The lowest BCUT2D eigenvalue weighted by Crippen LogP contribution is -2.21. The molecule has 1 aromatic rings. The summed E-state index contributed by atoms with van der Waals surface area (Å²) < 4.78 is 40.9. The van der Waals surface area contributed by atoms with Crippen LogP contribution in [-0.2, 0) is 19.4 Å². The summed E-state index contributed by atoms with van der Waals surface area (Å²) in [5.41, 5.74) is 10.6. The van der Waals surface area contributed by atoms with Crippen LogP contribution >= 0.6 is 0 Å². The fraction of sp³-hybridized carbons (Fsp3) is 0.533. The number of sulfone groups is 1. The molecule has 3 atom stereocenters. The molecule has 0 fully saturated rings. The maximum atomic E-state index is 13.0. The van der Waals surface area contributed by atoms with E-state index in [1.54, 1.807) is 24.3 Å². The number of rotatable bonds is 8. The Morgan fingerprint density at radius 3 is 2.68 bits per heavy atom. The van der Waals surface area contributed by atoms with Crippen molar-refractivity contribution in [2.45, 2.75) is 24.7 Å². The minimum absolute atomic E-state index is 0.0891. The number of hydrogen-bond donors (Lipinski definition) is 0. The smallest absolute Gasteiger partial charge is 0.151 e. The van der Waals surface area contributed by atoms with Gasteiger partial charge in [-0.1, -0.05) is 34.5 Å². The van der Waals surface area contributed by atoms with Crippen LogP contribution < -0.4 is 0 Å². The third-order valence-electron chi connectivity index (χ3n) is 3.76. The van der Waals surface area contributed by atoms with E-state index in [1.165, 1.54) is 7.11 Å². The molecule has 0 radical (unpaired) electrons. The van der Waals surface area contributed by atoms with E-state index in [9.17, 15) is 12.8 Å². The topological polar surface area (TPSA) is 114 Å². The van der Waals surface area contributed by atoms with Gasteiger partial charge in [-0.2, -0.15) is 0 Å². The monoisotopic (exact) mass is 370 g/mol. The molecule has 0 saturated carbocycles. The van der Waals surface area contributed by atoms with Crippen molar-refractivity contribution in [3.63, 3.8) is 0 Å². The van der Waals surface area contributed by atoms with E-state index < -0.39 is 34.8 Å². The Labute approximate surface area is 145 Å². The van der Waals surface area contributed by atoms with Gasteiger partial charge in [-0.25, -0.2) is 8.42 Å². The predicted molar refractivity (Wildman–Crippen MR) is 90.8 cm³/mol. The van der Waals surface area contributed by atoms with E-state index in [0.717, 1.165) is 11.8 Å². The lowest BCUT2D eigenvalue weighted by molar-refractivity contribution is 0.0722. The van der Waals surface area contributed by atoms with E-state index in [0.29, 0.717) is 17.7 Å². The largest absolute Gasteiger partial charge is 0.391 e. The van der Waals surface area contributed by atoms with Gasteiger partial charge in [-0.05, 0) is 16.7 Å². The molecule has 1 heterocycles. The Balaban J connectivity index is 2.11. The van der Waals surface area contributed by atoms with Gasteiger partial charge in [0, 0.05) is 24.7 Å². The van der Waals surface area contributed by atoms with Crippen LogP contribution in [0.1, 0.15) is 23.7 Å². The third kappa shape index (κ3) is 5.15. The number of benzene rings is 1. The first-order valence-corrected chi connectivity index (χ1v) is 9.57. The third-order valence-corrected chi connectivity index (χ3v) is 4.73. The van der Waals surface area contributed by atoms with Crippen molar-refractivity contribution >= 4 is 15.5 Å². The predicted octanol–water partition coefficient (Wildman–Crippen LogP) is 2.56. The molecule has 1 aliphatic heterocycles. The Morgan fingerprint density at radius 2 is 2.16 bits per heavy atom. The lowest BCUT2D eigenvalue weighted by Gasteiger charge is -2.20. The van der Waals surface area contributed by atoms with E-state index in [4.69, 9.17) is 15.1 Å². The van der Waals surface area contributed by atoms with Gasteiger partial charge < -0.3 is 9.57 Å². The standard InChI is InChI=1S/C15H19FN4O4S/c1-23-15(14(8-16)18-20-17)11-5-3-10(4-6-11)13-7-12(24-19-13)9-25(2,21)22/h3-6,12,14-15H,7-9H2,1-2H3/t12-,14+,15+/m0/s1. The van der Waals surface area contributed by atoms with Crippen molar-refractivity contribution in [2.75, 3.05) is 25.8 Å². The van der Waals surface area contributed by atoms with Gasteiger partial charge in [0.15, 0.2) is 9.84 Å². The summed E-state index contributed by atoms with van der Waals surface area (Å²) >= 11 is 0. The average molecular weight is 370 g/mol. The van der Waals surface area contributed by atoms with Crippen molar-refractivity contribution in [3.05, 3.63) is 45.8 Å². The highest BCUT2D eigenvalue weighted by atomic mass is 32.2. The van der Waals surface area contributed by atoms with Crippen molar-refractivity contribution in [1.29, 1.82) is 0 Å². The molecule has 0 N–H and O–H groups in total. The molecule has 0 saturated heterocycles. The molecular weight excluding hydrogens is 351 g/mol. The Morgan fingerprint density at radius 1 is 1.48 bits per heavy atom. The van der Waals surface area contributed by atoms with Gasteiger partial charge in [0.2, 0.25) is 0 Å². The molecule has 2 rings (SSSR count). The number of hydrogen-bond acceptors (Lipinski definition) is 6. The Hall–Kier alpha value is -2.16. The van der Waals surface area contributed by atoms with E-state index >= 15 is 0 Å². The summed E-state index contributed by atoms with van der Waals surface area (Å²) in [5.74, 6) is -0.0891. The first-order chi connectivity index (χ1) is 11.9. The molecule has 25 heavy (non-hydrogen) atoms. The zero-order chi connectivity index (χ0) is 18.4. The van der Waals surface area contributed by atoms with Crippen LogP contribution in [0.5, 0.6) is 0 Å². The van der Waals surface area contributed by atoms with Crippen LogP contribution in [0.15, 0.2) is 34.5 Å². The maximum absolute atomic E-state index is 13.0. The van der Waals surface area contributed by atoms with Crippen molar-refractivity contribution < 1.29 is 22.4 Å². The molecule has 0 amide bonds. The quantitative estimate of drug-likeness (QED) is 0.397. The van der Waals surface area contributed by atoms with Crippen LogP contribution in [0.25, 0.3) is 10.4 Å². The van der Waals surface area contributed by atoms with Crippen LogP contribution in [0.3, 0.4) is 0 Å². The summed E-state index contributed by atoms with van der Waals surface area (Å²) in [6.07, 6.45) is 0.359. The Bertz CT molecular complexity index is 775. The minimum atomic E-state index is -3.14. The normalized spacial score (nSPS) is 19.5. The summed E-state index contributed by atoms with van der Waals surface area (Å²) in [5, 5.41) is 7.36. The van der Waals surface area contributed by atoms with Gasteiger partial charge >= 0.3 is 0 Å². The van der Waals surface area contributed by atoms with Crippen LogP contribution in [0.4, 0.5) is 4.39 Å². The van der Waals surface area contributed by atoms with Crippen LogP contribution in [-0.4, -0.2) is 52.1 Å². The first kappa shape index (κ1) is 19.2. The van der Waals surface area contributed by atoms with Gasteiger partial charge in [-0.3, -0.25) is 4.39 Å². The van der Waals surface area contributed by atoms with Gasteiger partial charge in [-0.15, -0.1) is 0 Å². The number of nitrogens with zero attached hydrogens (tertiary/aromatic N) is 4. The number of ether oxygens (including phenoxy) is 1. The second-order valence-corrected chi connectivity index (χ2v) is 7.95. The maximum Gasteiger partial charge on any atom is 0.151 e. The van der Waals surface area contributed by atoms with E-state index in [-0.39, 0.29) is 5.75 Å². The molecule has 0 unspecified atom stereocenters. The highest BCUT2D eigenvalue weighted by Crippen LogP contribution is 2.25. The van der Waals surface area contributed by atoms with Gasteiger partial charge in [0.25, 0.3) is 0 Å². The van der Waals surface area contributed by atoms with Crippen LogP contribution in [0.2, 0.25) is 0 Å². The average Bonchev–Trinajstić information content (AvgIpc) is 3.01. The fourth-order valence-corrected chi connectivity index (χ4v) is 3.50. The fourth-order valence-electron chi connectivity index (χ4n) is 2.65. The summed E-state index contributed by atoms with van der Waals surface area (Å²) in [4.78, 5) is 7.80. The summed E-state index contributed by atoms with van der Waals surface area (Å²) in [6.45, 7) is -0.835. The molecule has 0 bridgehead atoms. The van der Waals surface area contributed by atoms with Gasteiger partial charge in [0.05, 0.1) is 23.6 Å². The molecule has 0 aliphatic carbocycles. The van der Waals surface area contributed by atoms with E-state index in [1.807, 2.05) is 0 Å². The number of alkyl halides is 1. The highest BCUT2D eigenvalue weighted by molar-refractivity contribution is 7.90. The molecular formula is C15H19FN4O4S. The number of halogens is 1. The Kier molecular flexibility index (Phi) is 6.35. The molecule has 1 aliphatic rings. The number of azide groups is 1. The molecule has 0 spiro atoms. The SMILES string of the molecule is CO[C@H](c1ccc(C2=NO[C@H](CS(C)(=O)=O)C2)cc1)[C@@H](CF)N=[N+]=[N-]. The molecule has 1 aromatic carbocycles. The van der Waals surface area contributed by atoms with Crippen LogP contribution in [0, 0.1) is 0 Å². The second-order valence-electron chi connectivity index (χ2n) is 5.77. The summed E-state index contributed by atoms with van der Waals surface area (Å²) in [6, 6.07) is 6.03. The molecule has 0 aromatic heterocycles. The number of oxime groups is 1. The second kappa shape index (κ2) is 8.28. The molecule has 136 valence electrons.